The number of benzene rings is 1. The van der Waals surface area contributed by atoms with Crippen molar-refractivity contribution in [2.24, 2.45) is 5.41 Å². The van der Waals surface area contributed by atoms with E-state index in [2.05, 4.69) is 35.9 Å². The van der Waals surface area contributed by atoms with Crippen LogP contribution in [-0.4, -0.2) is 76.3 Å². The lowest BCUT2D eigenvalue weighted by Gasteiger charge is -2.33. The molecule has 12 nitrogen and oxygen atoms in total. The van der Waals surface area contributed by atoms with E-state index in [1.807, 2.05) is 32.0 Å². The van der Waals surface area contributed by atoms with Gasteiger partial charge in [-0.2, -0.15) is 4.52 Å². The molecule has 1 aromatic carbocycles. The number of rotatable bonds is 8. The summed E-state index contributed by atoms with van der Waals surface area (Å²) in [5.74, 6) is 0.323. The summed E-state index contributed by atoms with van der Waals surface area (Å²) in [6.07, 6.45) is 0.701. The Hall–Kier alpha value is -3.93. The number of anilines is 1. The Labute approximate surface area is 253 Å². The number of nitrogens with one attached hydrogen (secondary N) is 1. The first-order valence-corrected chi connectivity index (χ1v) is 14.6. The summed E-state index contributed by atoms with van der Waals surface area (Å²) in [6, 6.07) is 5.64. The van der Waals surface area contributed by atoms with Crippen molar-refractivity contribution < 1.29 is 28.9 Å². The normalized spacial score (nSPS) is 13.8. The fourth-order valence-electron chi connectivity index (χ4n) is 4.45. The van der Waals surface area contributed by atoms with Crippen LogP contribution >= 0.6 is 0 Å². The van der Waals surface area contributed by atoms with Crippen molar-refractivity contribution in [2.75, 3.05) is 44.9 Å². The fraction of sp³-hybridized carbons (Fsp3) is 0.581. The number of nitrogens with zero attached hydrogens (tertiary/aromatic N) is 5. The van der Waals surface area contributed by atoms with E-state index in [1.54, 1.807) is 27.9 Å². The first kappa shape index (κ1) is 33.6. The third-order valence-electron chi connectivity index (χ3n) is 7.01. The monoisotopic (exact) mass is 598 g/mol. The predicted molar refractivity (Wildman–Crippen MR) is 164 cm³/mol. The number of ketones is 1. The van der Waals surface area contributed by atoms with Gasteiger partial charge in [-0.25, -0.2) is 4.68 Å². The number of carboxylic acid groups (broad SMARTS) is 1. The van der Waals surface area contributed by atoms with Gasteiger partial charge < -0.3 is 24.2 Å². The molecule has 2 aromatic heterocycles. The molecule has 0 aliphatic carbocycles. The highest BCUT2D eigenvalue weighted by molar-refractivity contribution is 5.97. The van der Waals surface area contributed by atoms with Crippen LogP contribution < -0.4 is 20.0 Å². The Bertz CT molecular complexity index is 1510. The molecule has 0 bridgehead atoms. The topological polar surface area (TPSA) is 144 Å². The van der Waals surface area contributed by atoms with Crippen LogP contribution in [0.4, 0.5) is 5.69 Å². The van der Waals surface area contributed by atoms with Gasteiger partial charge in [-0.15, -0.1) is 10.2 Å². The lowest BCUT2D eigenvalue weighted by Crippen LogP contribution is -2.37. The second-order valence-corrected chi connectivity index (χ2v) is 12.4. The average Bonchev–Trinajstić information content (AvgIpc) is 3.26. The molecule has 43 heavy (non-hydrogen) atoms. The highest BCUT2D eigenvalue weighted by atomic mass is 16.5. The molecule has 3 aromatic rings. The Kier molecular flexibility index (Phi) is 10.6. The molecule has 0 saturated carbocycles. The van der Waals surface area contributed by atoms with Gasteiger partial charge in [0.2, 0.25) is 11.5 Å². The predicted octanol–water partition coefficient (Wildman–Crippen LogP) is 4.11. The number of carboxylic acids is 1. The van der Waals surface area contributed by atoms with Crippen LogP contribution in [-0.2, 0) is 27.9 Å². The lowest BCUT2D eigenvalue weighted by molar-refractivity contribution is -0.145. The number of hydrogen-bond acceptors (Lipinski definition) is 9. The zero-order valence-corrected chi connectivity index (χ0v) is 26.9. The Morgan fingerprint density at radius 3 is 2.19 bits per heavy atom. The van der Waals surface area contributed by atoms with E-state index in [1.165, 1.54) is 9.20 Å². The zero-order chi connectivity index (χ0) is 32.1. The molecule has 0 unspecified atom stereocenters. The first-order valence-electron chi connectivity index (χ1n) is 14.6. The first-order chi connectivity index (χ1) is 20.1. The zero-order valence-electron chi connectivity index (χ0n) is 26.9. The van der Waals surface area contributed by atoms with Gasteiger partial charge in [-0.1, -0.05) is 27.7 Å². The number of Topliss-reactive ketones (excluding diaryl/α,β-unsaturated/α-hetero) is 1. The Morgan fingerprint density at radius 2 is 1.67 bits per heavy atom. The number of aryl methyl sites for hydroxylation is 1. The summed E-state index contributed by atoms with van der Waals surface area (Å²) in [5, 5.41) is 25.8. The maximum atomic E-state index is 13.6. The van der Waals surface area contributed by atoms with Crippen LogP contribution in [0.2, 0.25) is 0 Å². The van der Waals surface area contributed by atoms with E-state index in [9.17, 15) is 9.59 Å². The highest BCUT2D eigenvalue weighted by Crippen LogP contribution is 2.40. The van der Waals surface area contributed by atoms with E-state index < -0.39 is 11.4 Å². The fourth-order valence-corrected chi connectivity index (χ4v) is 4.45. The third kappa shape index (κ3) is 7.92. The van der Waals surface area contributed by atoms with Crippen molar-refractivity contribution in [3.8, 4) is 11.6 Å². The quantitative estimate of drug-likeness (QED) is 0.366. The van der Waals surface area contributed by atoms with Crippen molar-refractivity contribution in [2.45, 2.75) is 73.8 Å². The van der Waals surface area contributed by atoms with Crippen molar-refractivity contribution in [3.63, 3.8) is 0 Å². The van der Waals surface area contributed by atoms with Gasteiger partial charge in [0.25, 0.3) is 0 Å². The van der Waals surface area contributed by atoms with Crippen LogP contribution in [0.25, 0.3) is 5.65 Å². The molecule has 3 heterocycles. The molecular formula is C31H46N6O6. The number of aliphatic carboxylic acids is 1. The van der Waals surface area contributed by atoms with Gasteiger partial charge in [0.1, 0.15) is 12.3 Å². The molecule has 0 amide bonds. The van der Waals surface area contributed by atoms with E-state index in [4.69, 9.17) is 24.7 Å². The summed E-state index contributed by atoms with van der Waals surface area (Å²) in [7, 11) is 1.67. The molecule has 236 valence electrons. The van der Waals surface area contributed by atoms with Gasteiger partial charge in [0.15, 0.2) is 11.4 Å². The minimum Gasteiger partial charge on any atom is -0.494 e. The van der Waals surface area contributed by atoms with E-state index in [0.29, 0.717) is 43.3 Å². The molecular weight excluding hydrogens is 552 g/mol. The number of morpholine rings is 1. The van der Waals surface area contributed by atoms with Crippen molar-refractivity contribution in [1.29, 1.82) is 5.41 Å². The number of ether oxygens (including phenoxy) is 3. The molecule has 4 rings (SSSR count). The smallest absolute Gasteiger partial charge is 0.308 e. The molecule has 1 fully saturated rings. The van der Waals surface area contributed by atoms with Crippen LogP contribution in [0, 0.1) is 10.8 Å². The second-order valence-electron chi connectivity index (χ2n) is 12.4. The largest absolute Gasteiger partial charge is 0.494 e. The summed E-state index contributed by atoms with van der Waals surface area (Å²) in [4.78, 5) is 25.8. The van der Waals surface area contributed by atoms with Crippen molar-refractivity contribution >= 4 is 23.1 Å². The lowest BCUT2D eigenvalue weighted by atomic mass is 9.84. The molecule has 2 N–H and O–H groups in total. The summed E-state index contributed by atoms with van der Waals surface area (Å²) in [5.41, 5.74) is 3.06. The molecule has 0 radical (unpaired) electrons. The minimum absolute atomic E-state index is 0.0209. The van der Waals surface area contributed by atoms with Crippen LogP contribution in [0.15, 0.2) is 18.2 Å². The van der Waals surface area contributed by atoms with E-state index in [-0.39, 0.29) is 23.4 Å². The standard InChI is InChI=1S/C26H36N6O4.C5H10O2/c1-7-17-15-22(36-8-2)28-32-24(17)29-31(25(32)27)16-21(33)18-13-19(26(3,4)5)23(34-6)20(14-18)30-9-11-35-12-10-30;1-5(2,3)4(6)7/h13-15,27H,7-12,16H2,1-6H3;1-3H3,(H,6,7). The number of carbonyl (C=O) groups excluding carboxylic acids is 1. The second kappa shape index (κ2) is 13.6. The van der Waals surface area contributed by atoms with Crippen LogP contribution in [0.1, 0.15) is 76.9 Å². The molecule has 1 saturated heterocycles. The molecule has 1 aliphatic rings. The Balaban J connectivity index is 0.000000646. The van der Waals surface area contributed by atoms with E-state index >= 15 is 0 Å². The van der Waals surface area contributed by atoms with Crippen LogP contribution in [0.3, 0.4) is 0 Å². The molecule has 0 atom stereocenters. The number of hydrogen-bond donors (Lipinski definition) is 2. The number of carbonyl (C=O) groups is 2. The summed E-state index contributed by atoms with van der Waals surface area (Å²) >= 11 is 0. The van der Waals surface area contributed by atoms with Gasteiger partial charge in [0.05, 0.1) is 38.0 Å². The summed E-state index contributed by atoms with van der Waals surface area (Å²) in [6.45, 7) is 18.3. The van der Waals surface area contributed by atoms with Crippen molar-refractivity contribution in [1.82, 2.24) is 19.4 Å². The number of fused-ring (bicyclic) bond motifs is 1. The average molecular weight is 599 g/mol. The van der Waals surface area contributed by atoms with Gasteiger partial charge in [-0.05, 0) is 51.7 Å². The van der Waals surface area contributed by atoms with E-state index in [0.717, 1.165) is 35.7 Å². The highest BCUT2D eigenvalue weighted by Gasteiger charge is 2.27. The maximum Gasteiger partial charge on any atom is 0.308 e. The number of methoxy groups -OCH3 is 1. The SMILES string of the molecule is CC(C)(C)C(=O)O.CCOc1cc(CC)c2nn(CC(=O)c3cc(N4CCOCC4)c(OC)c(C(C)(C)C)c3)c(=N)n2n1. The van der Waals surface area contributed by atoms with Crippen LogP contribution in [0.5, 0.6) is 11.6 Å². The Morgan fingerprint density at radius 1 is 1.05 bits per heavy atom. The van der Waals surface area contributed by atoms with Crippen molar-refractivity contribution in [3.05, 3.63) is 40.5 Å². The summed E-state index contributed by atoms with van der Waals surface area (Å²) < 4.78 is 19.8. The van der Waals surface area contributed by atoms with Gasteiger partial charge >= 0.3 is 5.97 Å². The minimum atomic E-state index is -0.757. The van der Waals surface area contributed by atoms with Gasteiger partial charge in [-0.3, -0.25) is 15.0 Å². The number of aromatic nitrogens is 4. The van der Waals surface area contributed by atoms with Gasteiger partial charge in [0, 0.05) is 35.8 Å². The molecule has 0 spiro atoms. The molecule has 1 aliphatic heterocycles. The third-order valence-corrected chi connectivity index (χ3v) is 7.01. The molecule has 12 heteroatoms. The maximum absolute atomic E-state index is 13.6.